The Balaban J connectivity index is 1.18. The molecule has 0 amide bonds. The van der Waals surface area contributed by atoms with Crippen LogP contribution in [0.3, 0.4) is 0 Å². The average molecular weight is 693 g/mol. The van der Waals surface area contributed by atoms with Crippen LogP contribution in [-0.2, 0) is 0 Å². The fourth-order valence-electron chi connectivity index (χ4n) is 8.83. The maximum atomic E-state index is 6.90. The fourth-order valence-corrected chi connectivity index (χ4v) is 9.67. The van der Waals surface area contributed by atoms with E-state index in [1.54, 1.807) is 11.3 Å². The number of hydrogen-bond acceptors (Lipinski definition) is 2. The van der Waals surface area contributed by atoms with Crippen molar-refractivity contribution in [3.8, 4) is 44.5 Å². The highest BCUT2D eigenvalue weighted by atomic mass is 32.1. The van der Waals surface area contributed by atoms with Gasteiger partial charge in [0.15, 0.2) is 0 Å². The van der Waals surface area contributed by atoms with Crippen molar-refractivity contribution in [1.82, 2.24) is 0 Å². The molecule has 0 unspecified atom stereocenters. The molecule has 0 atom stereocenters. The lowest BCUT2D eigenvalue weighted by Crippen LogP contribution is -1.91. The SMILES string of the molecule is Cc1cscc1-c1c2ccccc2c(-c2ccc3oc4c(-c5c6ccccc6c(-c6ccccc6)c6ccccc56)cccc4c3c2)c2ccccc12. The summed E-state index contributed by atoms with van der Waals surface area (Å²) in [6.45, 7) is 2.22. The van der Waals surface area contributed by atoms with E-state index < -0.39 is 0 Å². The number of hydrogen-bond donors (Lipinski definition) is 0. The second kappa shape index (κ2) is 11.8. The quantitative estimate of drug-likeness (QED) is 0.167. The highest BCUT2D eigenvalue weighted by Crippen LogP contribution is 2.48. The summed E-state index contributed by atoms with van der Waals surface area (Å²) in [7, 11) is 0. The lowest BCUT2D eigenvalue weighted by atomic mass is 9.85. The van der Waals surface area contributed by atoms with Crippen LogP contribution >= 0.6 is 11.3 Å². The molecule has 248 valence electrons. The highest BCUT2D eigenvalue weighted by molar-refractivity contribution is 7.08. The molecule has 0 spiro atoms. The minimum Gasteiger partial charge on any atom is -0.455 e. The van der Waals surface area contributed by atoms with E-state index in [0.29, 0.717) is 0 Å². The third-order valence-corrected chi connectivity index (χ3v) is 12.0. The summed E-state index contributed by atoms with van der Waals surface area (Å²) >= 11 is 1.77. The van der Waals surface area contributed by atoms with Gasteiger partial charge in [0.1, 0.15) is 11.2 Å². The number of thiophene rings is 1. The van der Waals surface area contributed by atoms with Crippen LogP contribution in [0.15, 0.2) is 179 Å². The first-order valence-corrected chi connectivity index (χ1v) is 19.1. The molecule has 0 aliphatic carbocycles. The van der Waals surface area contributed by atoms with Gasteiger partial charge in [-0.3, -0.25) is 0 Å². The maximum Gasteiger partial charge on any atom is 0.143 e. The van der Waals surface area contributed by atoms with Gasteiger partial charge in [-0.25, -0.2) is 0 Å². The molecule has 0 N–H and O–H groups in total. The van der Waals surface area contributed by atoms with Crippen molar-refractivity contribution < 1.29 is 4.42 Å². The molecule has 1 nitrogen and oxygen atoms in total. The molecule has 53 heavy (non-hydrogen) atoms. The minimum absolute atomic E-state index is 0.893. The first-order chi connectivity index (χ1) is 26.2. The van der Waals surface area contributed by atoms with E-state index >= 15 is 0 Å². The Kier molecular flexibility index (Phi) is 6.71. The molecule has 0 bridgehead atoms. The second-order valence-corrected chi connectivity index (χ2v) is 14.8. The van der Waals surface area contributed by atoms with Gasteiger partial charge in [0.2, 0.25) is 0 Å². The summed E-state index contributed by atoms with van der Waals surface area (Å²) < 4.78 is 6.90. The molecule has 0 aliphatic rings. The minimum atomic E-state index is 0.893. The Morgan fingerprint density at radius 2 is 0.830 bits per heavy atom. The van der Waals surface area contributed by atoms with Gasteiger partial charge in [0.25, 0.3) is 0 Å². The highest BCUT2D eigenvalue weighted by Gasteiger charge is 2.22. The van der Waals surface area contributed by atoms with E-state index in [1.807, 2.05) is 0 Å². The maximum absolute atomic E-state index is 6.90. The predicted molar refractivity (Wildman–Crippen MR) is 228 cm³/mol. The normalized spacial score (nSPS) is 11.9. The molecule has 0 aliphatic heterocycles. The van der Waals surface area contributed by atoms with Gasteiger partial charge in [-0.2, -0.15) is 11.3 Å². The van der Waals surface area contributed by atoms with E-state index in [9.17, 15) is 0 Å². The van der Waals surface area contributed by atoms with Crippen LogP contribution in [0, 0.1) is 6.92 Å². The number of para-hydroxylation sites is 1. The van der Waals surface area contributed by atoms with Crippen molar-refractivity contribution in [2.45, 2.75) is 6.92 Å². The molecule has 2 aromatic heterocycles. The molecule has 0 saturated carbocycles. The zero-order valence-electron chi connectivity index (χ0n) is 29.1. The predicted octanol–water partition coefficient (Wildman–Crippen LogP) is 15.2. The lowest BCUT2D eigenvalue weighted by Gasteiger charge is -2.17. The Morgan fingerprint density at radius 1 is 0.358 bits per heavy atom. The Bertz CT molecular complexity index is 3120. The van der Waals surface area contributed by atoms with Gasteiger partial charge < -0.3 is 4.42 Å². The van der Waals surface area contributed by atoms with E-state index in [1.165, 1.54) is 87.6 Å². The molecule has 0 saturated heterocycles. The number of rotatable bonds is 4. The summed E-state index contributed by atoms with van der Waals surface area (Å²) in [6, 6.07) is 59.6. The van der Waals surface area contributed by atoms with Crippen LogP contribution < -0.4 is 0 Å². The van der Waals surface area contributed by atoms with E-state index in [-0.39, 0.29) is 0 Å². The average Bonchev–Trinajstić information content (AvgIpc) is 3.82. The summed E-state index contributed by atoms with van der Waals surface area (Å²) in [5.74, 6) is 0. The molecule has 11 aromatic rings. The number of fused-ring (bicyclic) bond motifs is 7. The Labute approximate surface area is 311 Å². The zero-order valence-corrected chi connectivity index (χ0v) is 29.9. The van der Waals surface area contributed by atoms with Gasteiger partial charge in [0.05, 0.1) is 0 Å². The van der Waals surface area contributed by atoms with Crippen LogP contribution in [0.4, 0.5) is 0 Å². The summed E-state index contributed by atoms with van der Waals surface area (Å²) in [4.78, 5) is 0. The van der Waals surface area contributed by atoms with Gasteiger partial charge >= 0.3 is 0 Å². The largest absolute Gasteiger partial charge is 0.455 e. The van der Waals surface area contributed by atoms with Crippen molar-refractivity contribution in [3.63, 3.8) is 0 Å². The van der Waals surface area contributed by atoms with Gasteiger partial charge in [-0.15, -0.1) is 0 Å². The van der Waals surface area contributed by atoms with Crippen LogP contribution in [-0.4, -0.2) is 0 Å². The van der Waals surface area contributed by atoms with E-state index in [4.69, 9.17) is 4.42 Å². The lowest BCUT2D eigenvalue weighted by molar-refractivity contribution is 0.670. The first-order valence-electron chi connectivity index (χ1n) is 18.2. The molecule has 11 rings (SSSR count). The van der Waals surface area contributed by atoms with E-state index in [0.717, 1.165) is 27.5 Å². The third kappa shape index (κ3) is 4.49. The third-order valence-electron chi connectivity index (χ3n) is 11.1. The van der Waals surface area contributed by atoms with Crippen LogP contribution in [0.1, 0.15) is 5.56 Å². The number of aryl methyl sites for hydroxylation is 1. The Hall–Kier alpha value is -6.48. The van der Waals surface area contributed by atoms with Gasteiger partial charge in [-0.05, 0) is 112 Å². The Morgan fingerprint density at radius 3 is 1.36 bits per heavy atom. The smallest absolute Gasteiger partial charge is 0.143 e. The molecule has 2 heteroatoms. The summed E-state index contributed by atoms with van der Waals surface area (Å²) in [6.07, 6.45) is 0. The molecule has 0 radical (unpaired) electrons. The molecule has 2 heterocycles. The van der Waals surface area contributed by atoms with Crippen LogP contribution in [0.25, 0.3) is 110 Å². The topological polar surface area (TPSA) is 13.1 Å². The van der Waals surface area contributed by atoms with Crippen molar-refractivity contribution in [3.05, 3.63) is 180 Å². The van der Waals surface area contributed by atoms with Crippen molar-refractivity contribution in [2.24, 2.45) is 0 Å². The second-order valence-electron chi connectivity index (χ2n) is 14.0. The summed E-state index contributed by atoms with van der Waals surface area (Å²) in [5.41, 5.74) is 13.0. The zero-order chi connectivity index (χ0) is 35.0. The number of furan rings is 1. The van der Waals surface area contributed by atoms with Crippen LogP contribution in [0.2, 0.25) is 0 Å². The van der Waals surface area contributed by atoms with Crippen molar-refractivity contribution in [1.29, 1.82) is 0 Å². The molecular formula is C51H32OS. The number of benzene rings is 9. The molecule has 0 fully saturated rings. The van der Waals surface area contributed by atoms with Crippen molar-refractivity contribution in [2.75, 3.05) is 0 Å². The standard InChI is InChI=1S/C51H32OS/c1-31-29-53-30-45(31)50-40-22-11-7-18-36(40)48(37-19-8-12-23-41(37)50)33-26-27-46-44(28-33)42-24-13-25-43(51(42)52-46)49-38-20-9-5-16-34(38)47(32-14-3-2-4-15-32)35-17-6-10-21-39(35)49/h2-30H,1H3. The monoisotopic (exact) mass is 692 g/mol. The van der Waals surface area contributed by atoms with Crippen molar-refractivity contribution >= 4 is 76.4 Å². The fraction of sp³-hybridized carbons (Fsp3) is 0.0196. The van der Waals surface area contributed by atoms with Crippen LogP contribution in [0.5, 0.6) is 0 Å². The summed E-state index contributed by atoms with van der Waals surface area (Å²) in [5, 5.41) is 16.8. The van der Waals surface area contributed by atoms with Gasteiger partial charge in [-0.1, -0.05) is 152 Å². The first kappa shape index (κ1) is 30.2. The van der Waals surface area contributed by atoms with E-state index in [2.05, 4.69) is 181 Å². The molecule has 9 aromatic carbocycles. The molecular weight excluding hydrogens is 661 g/mol. The van der Waals surface area contributed by atoms with Gasteiger partial charge in [0, 0.05) is 21.9 Å².